The van der Waals surface area contributed by atoms with Gasteiger partial charge in [0.25, 0.3) is 0 Å². The van der Waals surface area contributed by atoms with Gasteiger partial charge < -0.3 is 33.9 Å². The van der Waals surface area contributed by atoms with E-state index in [2.05, 4.69) is 10.3 Å². The normalized spacial score (nSPS) is 39.3. The highest BCUT2D eigenvalue weighted by atomic mass is 16.6. The van der Waals surface area contributed by atoms with Gasteiger partial charge in [0.2, 0.25) is 0 Å². The fourth-order valence-electron chi connectivity index (χ4n) is 3.64. The summed E-state index contributed by atoms with van der Waals surface area (Å²) in [6.07, 6.45) is -1.79. The standard InChI is InChI=1S/C17H29N3O7/c1-9-14(21)16(24-4)12(26-9)6-20-5-11(18-19-20)7-25-17-13(8-23-3)27-10(2)15(17)22/h5,9-10,12-17,21-22H,6-8H2,1-4H3/t9-,10-,12+,13+,14?,15+,16-,17?/m0/s1. The summed E-state index contributed by atoms with van der Waals surface area (Å²) in [5.41, 5.74) is 0.624. The van der Waals surface area contributed by atoms with Gasteiger partial charge >= 0.3 is 0 Å². The molecule has 0 aliphatic carbocycles. The highest BCUT2D eigenvalue weighted by Crippen LogP contribution is 2.26. The molecular formula is C17H29N3O7. The fraction of sp³-hybridized carbons (Fsp3) is 0.882. The molecule has 2 fully saturated rings. The van der Waals surface area contributed by atoms with Crippen molar-refractivity contribution in [1.82, 2.24) is 15.0 Å². The van der Waals surface area contributed by atoms with Crippen LogP contribution in [0.4, 0.5) is 0 Å². The predicted octanol–water partition coefficient (Wildman–Crippen LogP) is -0.879. The van der Waals surface area contributed by atoms with Crippen LogP contribution in [0.2, 0.25) is 0 Å². The van der Waals surface area contributed by atoms with E-state index in [1.54, 1.807) is 32.0 Å². The Hall–Kier alpha value is -1.14. The van der Waals surface area contributed by atoms with E-state index in [-0.39, 0.29) is 31.0 Å². The Morgan fingerprint density at radius 3 is 2.41 bits per heavy atom. The average Bonchev–Trinajstić information content (AvgIpc) is 3.26. The molecule has 1 aromatic rings. The Labute approximate surface area is 158 Å². The molecule has 27 heavy (non-hydrogen) atoms. The fourth-order valence-corrected chi connectivity index (χ4v) is 3.64. The highest BCUT2D eigenvalue weighted by Gasteiger charge is 2.43. The van der Waals surface area contributed by atoms with Crippen LogP contribution in [0.3, 0.4) is 0 Å². The smallest absolute Gasteiger partial charge is 0.115 e. The molecule has 10 nitrogen and oxygen atoms in total. The number of hydrogen-bond donors (Lipinski definition) is 2. The number of ether oxygens (including phenoxy) is 5. The van der Waals surface area contributed by atoms with Crippen LogP contribution < -0.4 is 0 Å². The van der Waals surface area contributed by atoms with E-state index in [9.17, 15) is 10.2 Å². The first-order valence-electron chi connectivity index (χ1n) is 9.14. The molecule has 3 heterocycles. The van der Waals surface area contributed by atoms with E-state index in [0.717, 1.165) is 0 Å². The molecular weight excluding hydrogens is 358 g/mol. The van der Waals surface area contributed by atoms with Crippen LogP contribution in [0.25, 0.3) is 0 Å². The SMILES string of the molecule is COC[C@H]1O[C@@H](C)[C@@H](O)C1OCc1cn(C[C@H]2O[C@@H](C)C(O)[C@H]2OC)nn1. The molecule has 0 saturated carbocycles. The summed E-state index contributed by atoms with van der Waals surface area (Å²) in [6, 6.07) is 0. The van der Waals surface area contributed by atoms with Crippen molar-refractivity contribution in [2.75, 3.05) is 20.8 Å². The Bertz CT molecular complexity index is 601. The Kier molecular flexibility index (Phi) is 6.79. The molecule has 2 unspecified atom stereocenters. The van der Waals surface area contributed by atoms with Crippen molar-refractivity contribution < 1.29 is 33.9 Å². The first-order valence-corrected chi connectivity index (χ1v) is 9.14. The van der Waals surface area contributed by atoms with Crippen LogP contribution in [0, 0.1) is 0 Å². The molecule has 0 spiro atoms. The van der Waals surface area contributed by atoms with Crippen LogP contribution >= 0.6 is 0 Å². The monoisotopic (exact) mass is 387 g/mol. The molecule has 2 aliphatic heterocycles. The molecule has 2 aliphatic rings. The van der Waals surface area contributed by atoms with Gasteiger partial charge in [-0.3, -0.25) is 0 Å². The van der Waals surface area contributed by atoms with Gasteiger partial charge in [0, 0.05) is 14.2 Å². The van der Waals surface area contributed by atoms with E-state index in [1.807, 2.05) is 6.92 Å². The second kappa shape index (κ2) is 8.91. The van der Waals surface area contributed by atoms with E-state index in [1.165, 1.54) is 0 Å². The molecule has 1 aromatic heterocycles. The maximum atomic E-state index is 10.2. The first kappa shape index (κ1) is 20.6. The van der Waals surface area contributed by atoms with E-state index in [4.69, 9.17) is 23.7 Å². The van der Waals surface area contributed by atoms with Crippen LogP contribution in [0.5, 0.6) is 0 Å². The van der Waals surface area contributed by atoms with Crippen LogP contribution in [-0.4, -0.2) is 94.9 Å². The zero-order valence-electron chi connectivity index (χ0n) is 16.1. The lowest BCUT2D eigenvalue weighted by atomic mass is 10.1. The molecule has 0 bridgehead atoms. The lowest BCUT2D eigenvalue weighted by molar-refractivity contribution is -0.0679. The summed E-state index contributed by atoms with van der Waals surface area (Å²) in [7, 11) is 3.13. The predicted molar refractivity (Wildman–Crippen MR) is 92.0 cm³/mol. The van der Waals surface area contributed by atoms with Gasteiger partial charge in [0.15, 0.2) is 0 Å². The topological polar surface area (TPSA) is 117 Å². The molecule has 0 aromatic carbocycles. The third-order valence-electron chi connectivity index (χ3n) is 5.13. The summed E-state index contributed by atoms with van der Waals surface area (Å²) in [6.45, 7) is 4.55. The lowest BCUT2D eigenvalue weighted by Gasteiger charge is -2.19. The minimum atomic E-state index is -0.725. The first-order chi connectivity index (χ1) is 12.9. The van der Waals surface area contributed by atoms with Gasteiger partial charge in [-0.1, -0.05) is 5.21 Å². The van der Waals surface area contributed by atoms with E-state index >= 15 is 0 Å². The molecule has 8 atom stereocenters. The van der Waals surface area contributed by atoms with E-state index < -0.39 is 24.4 Å². The van der Waals surface area contributed by atoms with Crippen molar-refractivity contribution in [3.63, 3.8) is 0 Å². The molecule has 154 valence electrons. The van der Waals surface area contributed by atoms with Gasteiger partial charge in [-0.05, 0) is 13.8 Å². The van der Waals surface area contributed by atoms with Crippen molar-refractivity contribution in [1.29, 1.82) is 0 Å². The van der Waals surface area contributed by atoms with E-state index in [0.29, 0.717) is 18.8 Å². The summed E-state index contributed by atoms with van der Waals surface area (Å²) in [5, 5.41) is 28.5. The van der Waals surface area contributed by atoms with Crippen LogP contribution in [0.1, 0.15) is 19.5 Å². The highest BCUT2D eigenvalue weighted by molar-refractivity contribution is 4.95. The Balaban J connectivity index is 1.55. The molecule has 0 radical (unpaired) electrons. The summed E-state index contributed by atoms with van der Waals surface area (Å²) < 4.78 is 29.3. The summed E-state index contributed by atoms with van der Waals surface area (Å²) in [5.74, 6) is 0. The van der Waals surface area contributed by atoms with Crippen LogP contribution in [-0.2, 0) is 36.8 Å². The molecule has 10 heteroatoms. The molecule has 2 N–H and O–H groups in total. The quantitative estimate of drug-likeness (QED) is 0.586. The van der Waals surface area contributed by atoms with Gasteiger partial charge in [-0.15, -0.1) is 5.10 Å². The lowest BCUT2D eigenvalue weighted by Crippen LogP contribution is -2.36. The Morgan fingerprint density at radius 1 is 1.07 bits per heavy atom. The molecule has 3 rings (SSSR count). The second-order valence-electron chi connectivity index (χ2n) is 7.10. The van der Waals surface area contributed by atoms with Crippen molar-refractivity contribution in [3.05, 3.63) is 11.9 Å². The minimum absolute atomic E-state index is 0.191. The maximum absolute atomic E-state index is 10.2. The van der Waals surface area contributed by atoms with Crippen LogP contribution in [0.15, 0.2) is 6.20 Å². The summed E-state index contributed by atoms with van der Waals surface area (Å²) in [4.78, 5) is 0. The third kappa shape index (κ3) is 4.48. The number of aromatic nitrogens is 3. The van der Waals surface area contributed by atoms with Gasteiger partial charge in [-0.25, -0.2) is 4.68 Å². The number of rotatable bonds is 8. The largest absolute Gasteiger partial charge is 0.388 e. The minimum Gasteiger partial charge on any atom is -0.388 e. The molecule has 2 saturated heterocycles. The second-order valence-corrected chi connectivity index (χ2v) is 7.10. The van der Waals surface area contributed by atoms with Crippen molar-refractivity contribution in [3.8, 4) is 0 Å². The third-order valence-corrected chi connectivity index (χ3v) is 5.13. The average molecular weight is 387 g/mol. The van der Waals surface area contributed by atoms with Crippen molar-refractivity contribution in [2.45, 2.75) is 75.8 Å². The number of methoxy groups -OCH3 is 2. The number of aliphatic hydroxyl groups is 2. The van der Waals surface area contributed by atoms with Crippen molar-refractivity contribution >= 4 is 0 Å². The number of aliphatic hydroxyl groups excluding tert-OH is 2. The zero-order chi connectivity index (χ0) is 19.6. The Morgan fingerprint density at radius 2 is 1.74 bits per heavy atom. The van der Waals surface area contributed by atoms with Gasteiger partial charge in [0.05, 0.1) is 38.2 Å². The van der Waals surface area contributed by atoms with Crippen molar-refractivity contribution in [2.24, 2.45) is 0 Å². The van der Waals surface area contributed by atoms with Gasteiger partial charge in [0.1, 0.15) is 42.3 Å². The van der Waals surface area contributed by atoms with Gasteiger partial charge in [-0.2, -0.15) is 0 Å². The molecule has 0 amide bonds. The number of hydrogen-bond acceptors (Lipinski definition) is 9. The summed E-state index contributed by atoms with van der Waals surface area (Å²) >= 11 is 0. The zero-order valence-corrected chi connectivity index (χ0v) is 16.1. The maximum Gasteiger partial charge on any atom is 0.115 e. The number of nitrogens with zero attached hydrogens (tertiary/aromatic N) is 3.